The number of hydrogen-bond donors (Lipinski definition) is 0. The van der Waals surface area contributed by atoms with Crippen LogP contribution >= 0.6 is 0 Å². The molecule has 0 saturated carbocycles. The maximum absolute atomic E-state index is 5.38. The third-order valence-electron chi connectivity index (χ3n) is 17.7. The lowest BCUT2D eigenvalue weighted by molar-refractivity contribution is 1.02. The Morgan fingerprint density at radius 2 is 0.581 bits per heavy atom. The molecule has 0 N–H and O–H groups in total. The van der Waals surface area contributed by atoms with E-state index in [0.29, 0.717) is 11.9 Å². The van der Waals surface area contributed by atoms with Crippen molar-refractivity contribution in [3.8, 4) is 34.4 Å². The molecule has 0 aliphatic carbocycles. The van der Waals surface area contributed by atoms with Crippen LogP contribution in [0.5, 0.6) is 0 Å². The van der Waals surface area contributed by atoms with Gasteiger partial charge >= 0.3 is 0 Å². The van der Waals surface area contributed by atoms with Gasteiger partial charge in [-0.2, -0.15) is 0 Å². The van der Waals surface area contributed by atoms with Gasteiger partial charge in [-0.3, -0.25) is 9.13 Å². The second kappa shape index (κ2) is 19.0. The van der Waals surface area contributed by atoms with Crippen molar-refractivity contribution >= 4 is 141 Å². The minimum atomic E-state index is 0.674. The third-order valence-corrected chi connectivity index (χ3v) is 17.7. The summed E-state index contributed by atoms with van der Waals surface area (Å²) < 4.78 is 4.55. The van der Waals surface area contributed by atoms with Crippen molar-refractivity contribution < 1.29 is 0 Å². The fourth-order valence-corrected chi connectivity index (χ4v) is 14.0. The van der Waals surface area contributed by atoms with Gasteiger partial charge in [0, 0.05) is 59.6 Å². The van der Waals surface area contributed by atoms with Gasteiger partial charge in [0.05, 0.1) is 44.5 Å². The molecular formula is C80H48N6. The molecule has 0 fully saturated rings. The third kappa shape index (κ3) is 7.20. The molecule has 0 spiro atoms. The normalized spacial score (nSPS) is 12.0. The minimum absolute atomic E-state index is 0.674. The Bertz CT molecular complexity index is 6020. The first-order valence-electron chi connectivity index (χ1n) is 29.3. The van der Waals surface area contributed by atoms with Gasteiger partial charge in [-0.15, -0.1) is 0 Å². The molecule has 0 amide bonds. The lowest BCUT2D eigenvalue weighted by Crippen LogP contribution is -2.04. The topological polar surface area (TPSA) is 61.4 Å². The molecule has 6 heteroatoms. The van der Waals surface area contributed by atoms with E-state index in [1.165, 1.54) is 86.2 Å². The van der Waals surface area contributed by atoms with Crippen LogP contribution in [0, 0.1) is 0 Å². The highest BCUT2D eigenvalue weighted by Crippen LogP contribution is 2.45. The summed E-state index contributed by atoms with van der Waals surface area (Å²) in [7, 11) is 0. The van der Waals surface area contributed by atoms with E-state index in [9.17, 15) is 0 Å². The van der Waals surface area contributed by atoms with Crippen LogP contribution in [0.15, 0.2) is 291 Å². The first kappa shape index (κ1) is 48.0. The molecule has 0 aliphatic heterocycles. The molecule has 0 bridgehead atoms. The zero-order valence-corrected chi connectivity index (χ0v) is 46.4. The van der Waals surface area contributed by atoms with Crippen molar-refractivity contribution in [2.75, 3.05) is 0 Å². The highest BCUT2D eigenvalue weighted by molar-refractivity contribution is 6.32. The lowest BCUT2D eigenvalue weighted by Gasteiger charge is -2.14. The fourth-order valence-electron chi connectivity index (χ4n) is 14.0. The van der Waals surface area contributed by atoms with E-state index >= 15 is 0 Å². The number of nitrogens with zero attached hydrogens (tertiary/aromatic N) is 6. The summed E-state index contributed by atoms with van der Waals surface area (Å²) in [4.78, 5) is 21.5. The number of para-hydroxylation sites is 2. The number of aromatic nitrogens is 6. The highest BCUT2D eigenvalue weighted by atomic mass is 15.2. The van der Waals surface area contributed by atoms with E-state index in [2.05, 4.69) is 294 Å². The summed E-state index contributed by atoms with van der Waals surface area (Å²) in [6.07, 6.45) is 0. The number of rotatable bonds is 4. The lowest BCUT2D eigenvalue weighted by atomic mass is 9.93. The van der Waals surface area contributed by atoms with Crippen LogP contribution in [0.2, 0.25) is 0 Å². The summed E-state index contributed by atoms with van der Waals surface area (Å²) in [5.41, 5.74) is 10.4. The van der Waals surface area contributed by atoms with E-state index in [4.69, 9.17) is 19.9 Å². The van der Waals surface area contributed by atoms with Crippen LogP contribution in [-0.2, 0) is 0 Å². The molecule has 0 aliphatic rings. The van der Waals surface area contributed by atoms with Gasteiger partial charge in [-0.1, -0.05) is 255 Å². The number of fused-ring (bicyclic) bond motifs is 23. The Hall–Kier alpha value is -11.6. The van der Waals surface area contributed by atoms with E-state index in [-0.39, 0.29) is 0 Å². The first-order valence-corrected chi connectivity index (χ1v) is 29.3. The summed E-state index contributed by atoms with van der Waals surface area (Å²) >= 11 is 0. The Morgan fingerprint density at radius 3 is 1.12 bits per heavy atom. The second-order valence-corrected chi connectivity index (χ2v) is 22.4. The molecule has 0 atom stereocenters. The molecule has 4 aromatic heterocycles. The van der Waals surface area contributed by atoms with Crippen LogP contribution in [0.4, 0.5) is 0 Å². The molecule has 0 unspecified atom stereocenters. The Balaban J connectivity index is 0.000000130. The van der Waals surface area contributed by atoms with Gasteiger partial charge in [0.15, 0.2) is 0 Å². The van der Waals surface area contributed by atoms with Crippen molar-refractivity contribution in [3.63, 3.8) is 0 Å². The average molecular weight is 1090 g/mol. The van der Waals surface area contributed by atoms with E-state index in [1.807, 2.05) is 6.07 Å². The molecular weight excluding hydrogens is 1040 g/mol. The van der Waals surface area contributed by atoms with Crippen molar-refractivity contribution in [3.05, 3.63) is 291 Å². The maximum Gasteiger partial charge on any atom is 0.235 e. The van der Waals surface area contributed by atoms with Gasteiger partial charge in [0.2, 0.25) is 11.9 Å². The van der Waals surface area contributed by atoms with Crippen molar-refractivity contribution in [1.29, 1.82) is 0 Å². The van der Waals surface area contributed by atoms with E-state index in [0.717, 1.165) is 77.2 Å². The number of hydrogen-bond acceptors (Lipinski definition) is 4. The van der Waals surface area contributed by atoms with Crippen LogP contribution in [0.1, 0.15) is 0 Å². The van der Waals surface area contributed by atoms with Crippen molar-refractivity contribution in [1.82, 2.24) is 29.1 Å². The average Bonchev–Trinajstić information content (AvgIpc) is 1.85. The van der Waals surface area contributed by atoms with Crippen molar-refractivity contribution in [2.24, 2.45) is 0 Å². The van der Waals surface area contributed by atoms with Gasteiger partial charge in [-0.25, -0.2) is 19.9 Å². The Morgan fingerprint density at radius 1 is 0.209 bits per heavy atom. The minimum Gasteiger partial charge on any atom is -0.278 e. The molecule has 19 rings (SSSR count). The predicted octanol–water partition coefficient (Wildman–Crippen LogP) is 20.9. The monoisotopic (exact) mass is 1090 g/mol. The highest BCUT2D eigenvalue weighted by Gasteiger charge is 2.24. The molecule has 0 radical (unpaired) electrons. The van der Waals surface area contributed by atoms with Gasteiger partial charge < -0.3 is 0 Å². The van der Waals surface area contributed by atoms with Crippen molar-refractivity contribution in [2.45, 2.75) is 0 Å². The van der Waals surface area contributed by atoms with Gasteiger partial charge in [-0.05, 0) is 95.6 Å². The van der Waals surface area contributed by atoms with Gasteiger partial charge in [0.25, 0.3) is 0 Å². The van der Waals surface area contributed by atoms with Crippen LogP contribution in [0.3, 0.4) is 0 Å². The SMILES string of the molecule is c1ccc(-c2nc(-n3c4ccccc4c4c5ccccc5c5ccccc5c43)nc3c2ccc2ccccc23)cc1.c1ccc(-c2nc(-n3c4ccccc4c4cc5c6ccccc6c6ccccc6c5cc43)nc3c2ccc2ccccc23)cc1. The Kier molecular flexibility index (Phi) is 10.6. The second-order valence-electron chi connectivity index (χ2n) is 22.4. The molecule has 86 heavy (non-hydrogen) atoms. The zero-order chi connectivity index (χ0) is 56.4. The standard InChI is InChI=1S/C42H25N3.C38H23N3/c1-2-13-27(14-3-1)40-34-23-22-26-12-4-5-15-28(26)41(34)44-42(43-40)45-38-21-11-10-20-33(38)37-24-35-31-18-8-6-16-29(31)30-17-7-9-19-32(30)36(35)25-39(37)45;1-2-13-25(14-3-1)35-32-23-22-24-12-4-5-15-26(24)36(32)40-38(39-35)41-33-21-11-10-20-31(33)34-29-18-8-6-16-27(29)28-17-7-9-19-30(28)37(34)41/h1-25H;1-23H. The summed E-state index contributed by atoms with van der Waals surface area (Å²) in [5, 5.41) is 24.0. The smallest absolute Gasteiger partial charge is 0.235 e. The van der Waals surface area contributed by atoms with Crippen LogP contribution in [0.25, 0.3) is 175 Å². The van der Waals surface area contributed by atoms with Gasteiger partial charge in [0.1, 0.15) is 0 Å². The molecule has 398 valence electrons. The summed E-state index contributed by atoms with van der Waals surface area (Å²) in [6, 6.07) is 104. The first-order chi connectivity index (χ1) is 42.7. The molecule has 6 nitrogen and oxygen atoms in total. The molecule has 15 aromatic carbocycles. The van der Waals surface area contributed by atoms with Crippen LogP contribution < -0.4 is 0 Å². The quantitative estimate of drug-likeness (QED) is 0.165. The summed E-state index contributed by atoms with van der Waals surface area (Å²) in [5.74, 6) is 1.35. The Labute approximate surface area is 492 Å². The largest absolute Gasteiger partial charge is 0.278 e. The molecule has 4 heterocycles. The molecule has 0 saturated heterocycles. The molecule has 19 aromatic rings. The summed E-state index contributed by atoms with van der Waals surface area (Å²) in [6.45, 7) is 0. The van der Waals surface area contributed by atoms with E-state index in [1.54, 1.807) is 0 Å². The maximum atomic E-state index is 5.38. The predicted molar refractivity (Wildman–Crippen MR) is 361 cm³/mol. The zero-order valence-electron chi connectivity index (χ0n) is 46.4. The van der Waals surface area contributed by atoms with Crippen LogP contribution in [-0.4, -0.2) is 29.1 Å². The van der Waals surface area contributed by atoms with E-state index < -0.39 is 0 Å². The fraction of sp³-hybridized carbons (Fsp3) is 0. The number of benzene rings is 15.